The number of aryl methyl sites for hydroxylation is 1. The van der Waals surface area contributed by atoms with Gasteiger partial charge in [0, 0.05) is 42.7 Å². The lowest BCUT2D eigenvalue weighted by Gasteiger charge is -2.17. The van der Waals surface area contributed by atoms with Crippen molar-refractivity contribution >= 4 is 29.2 Å². The number of nitrogens with one attached hydrogen (secondary N) is 3. The molecule has 2 heterocycles. The van der Waals surface area contributed by atoms with Gasteiger partial charge in [-0.05, 0) is 70.0 Å². The molecule has 3 rings (SSSR count). The van der Waals surface area contributed by atoms with Crippen molar-refractivity contribution in [2.75, 3.05) is 32.5 Å². The highest BCUT2D eigenvalue weighted by Crippen LogP contribution is 2.33. The van der Waals surface area contributed by atoms with Crippen LogP contribution in [0.25, 0.3) is 11.6 Å². The average molecular weight is 409 g/mol. The van der Waals surface area contributed by atoms with Crippen molar-refractivity contribution in [1.29, 1.82) is 0 Å². The summed E-state index contributed by atoms with van der Waals surface area (Å²) < 4.78 is 0. The van der Waals surface area contributed by atoms with E-state index in [1.54, 1.807) is 0 Å². The van der Waals surface area contributed by atoms with Crippen LogP contribution in [0.2, 0.25) is 0 Å². The number of fused-ring (bicyclic) bond motifs is 1. The van der Waals surface area contributed by atoms with Crippen molar-refractivity contribution in [3.8, 4) is 0 Å². The quantitative estimate of drug-likeness (QED) is 0.439. The van der Waals surface area contributed by atoms with Gasteiger partial charge in [0.1, 0.15) is 0 Å². The van der Waals surface area contributed by atoms with Gasteiger partial charge in [0.05, 0.1) is 5.57 Å². The summed E-state index contributed by atoms with van der Waals surface area (Å²) in [6.45, 7) is 5.84. The summed E-state index contributed by atoms with van der Waals surface area (Å²) in [5, 5.41) is 6.04. The van der Waals surface area contributed by atoms with Crippen LogP contribution < -0.4 is 10.6 Å². The minimum Gasteiger partial charge on any atom is -0.359 e. The van der Waals surface area contributed by atoms with Gasteiger partial charge in [-0.15, -0.1) is 0 Å². The minimum absolute atomic E-state index is 0.0838. The highest BCUT2D eigenvalue weighted by molar-refractivity contribution is 6.34. The molecule has 1 aromatic carbocycles. The van der Waals surface area contributed by atoms with E-state index in [1.807, 2.05) is 56.3 Å². The van der Waals surface area contributed by atoms with Crippen molar-refractivity contribution < 1.29 is 9.59 Å². The third kappa shape index (κ3) is 4.82. The van der Waals surface area contributed by atoms with Crippen molar-refractivity contribution in [2.45, 2.75) is 39.5 Å². The van der Waals surface area contributed by atoms with Crippen LogP contribution in [-0.4, -0.2) is 48.9 Å². The average Bonchev–Trinajstić information content (AvgIpc) is 3.19. The smallest absolute Gasteiger partial charge is 0.256 e. The van der Waals surface area contributed by atoms with Gasteiger partial charge in [-0.25, -0.2) is 0 Å². The molecule has 1 aromatic heterocycles. The normalized spacial score (nSPS) is 14.1. The van der Waals surface area contributed by atoms with Crippen LogP contribution in [0.3, 0.4) is 0 Å². The van der Waals surface area contributed by atoms with Crippen LogP contribution in [0, 0.1) is 13.8 Å². The SMILES string of the molecule is CNCCCCN(C)C(=O)CCc1c(C)[nH]c(C=C2C(=O)Nc3ccccc32)c1C. The van der Waals surface area contributed by atoms with Gasteiger partial charge in [0.25, 0.3) is 5.91 Å². The zero-order valence-corrected chi connectivity index (χ0v) is 18.4. The molecule has 160 valence electrons. The highest BCUT2D eigenvalue weighted by Gasteiger charge is 2.24. The third-order valence-corrected chi connectivity index (χ3v) is 5.82. The van der Waals surface area contributed by atoms with Crippen LogP contribution in [0.15, 0.2) is 24.3 Å². The van der Waals surface area contributed by atoms with Gasteiger partial charge in [-0.3, -0.25) is 9.59 Å². The summed E-state index contributed by atoms with van der Waals surface area (Å²) in [4.78, 5) is 30.1. The van der Waals surface area contributed by atoms with Gasteiger partial charge >= 0.3 is 0 Å². The summed E-state index contributed by atoms with van der Waals surface area (Å²) in [5.41, 5.74) is 6.67. The second-order valence-corrected chi connectivity index (χ2v) is 7.95. The number of anilines is 1. The lowest BCUT2D eigenvalue weighted by atomic mass is 10.0. The molecule has 0 saturated heterocycles. The van der Waals surface area contributed by atoms with E-state index in [4.69, 9.17) is 0 Å². The van der Waals surface area contributed by atoms with E-state index in [1.165, 1.54) is 0 Å². The summed E-state index contributed by atoms with van der Waals surface area (Å²) >= 11 is 0. The Hall–Kier alpha value is -2.86. The number of benzene rings is 1. The Labute approximate surface area is 178 Å². The molecule has 0 atom stereocenters. The number of para-hydroxylation sites is 1. The molecule has 0 bridgehead atoms. The number of aromatic nitrogens is 1. The highest BCUT2D eigenvalue weighted by atomic mass is 16.2. The molecule has 2 aromatic rings. The minimum atomic E-state index is -0.0838. The molecule has 0 spiro atoms. The Morgan fingerprint density at radius 1 is 1.20 bits per heavy atom. The maximum atomic E-state index is 12.5. The van der Waals surface area contributed by atoms with Crippen LogP contribution in [-0.2, 0) is 16.0 Å². The van der Waals surface area contributed by atoms with E-state index in [-0.39, 0.29) is 11.8 Å². The summed E-state index contributed by atoms with van der Waals surface area (Å²) in [5.74, 6) is 0.0861. The summed E-state index contributed by atoms with van der Waals surface area (Å²) in [6.07, 6.45) is 5.18. The molecule has 0 radical (unpaired) electrons. The first-order valence-electron chi connectivity index (χ1n) is 10.6. The van der Waals surface area contributed by atoms with E-state index in [9.17, 15) is 9.59 Å². The number of hydrogen-bond donors (Lipinski definition) is 3. The molecule has 0 unspecified atom stereocenters. The molecular formula is C24H32N4O2. The van der Waals surface area contributed by atoms with Crippen molar-refractivity contribution in [3.05, 3.63) is 52.3 Å². The zero-order valence-electron chi connectivity index (χ0n) is 18.4. The fourth-order valence-corrected chi connectivity index (χ4v) is 3.96. The molecule has 3 N–H and O–H groups in total. The van der Waals surface area contributed by atoms with Gasteiger partial charge in [0.2, 0.25) is 5.91 Å². The molecule has 6 heteroatoms. The third-order valence-electron chi connectivity index (χ3n) is 5.82. The summed E-state index contributed by atoms with van der Waals surface area (Å²) in [6, 6.07) is 7.72. The predicted molar refractivity (Wildman–Crippen MR) is 122 cm³/mol. The molecule has 0 aliphatic carbocycles. The zero-order chi connectivity index (χ0) is 21.7. The molecule has 1 aliphatic rings. The number of H-pyrrole nitrogens is 1. The first-order valence-corrected chi connectivity index (χ1v) is 10.6. The summed E-state index contributed by atoms with van der Waals surface area (Å²) in [7, 11) is 3.82. The lowest BCUT2D eigenvalue weighted by Crippen LogP contribution is -2.28. The Morgan fingerprint density at radius 2 is 1.97 bits per heavy atom. The number of hydrogen-bond acceptors (Lipinski definition) is 3. The Kier molecular flexibility index (Phi) is 7.11. The monoisotopic (exact) mass is 408 g/mol. The molecule has 6 nitrogen and oxygen atoms in total. The Balaban J connectivity index is 1.68. The van der Waals surface area contributed by atoms with E-state index in [0.29, 0.717) is 18.4 Å². The van der Waals surface area contributed by atoms with Crippen LogP contribution in [0.5, 0.6) is 0 Å². The number of unbranched alkanes of at least 4 members (excludes halogenated alkanes) is 1. The molecular weight excluding hydrogens is 376 g/mol. The molecule has 2 amide bonds. The first-order chi connectivity index (χ1) is 14.4. The van der Waals surface area contributed by atoms with Gasteiger partial charge in [0.15, 0.2) is 0 Å². The van der Waals surface area contributed by atoms with E-state index < -0.39 is 0 Å². The maximum absolute atomic E-state index is 12.5. The lowest BCUT2D eigenvalue weighted by molar-refractivity contribution is -0.129. The Morgan fingerprint density at radius 3 is 2.73 bits per heavy atom. The van der Waals surface area contributed by atoms with Crippen molar-refractivity contribution in [2.24, 2.45) is 0 Å². The van der Waals surface area contributed by atoms with Crippen LogP contribution >= 0.6 is 0 Å². The fraction of sp³-hybridized carbons (Fsp3) is 0.417. The Bertz CT molecular complexity index is 958. The van der Waals surface area contributed by atoms with Gasteiger partial charge in [-0.2, -0.15) is 0 Å². The van der Waals surface area contributed by atoms with Crippen molar-refractivity contribution in [3.63, 3.8) is 0 Å². The molecule has 0 saturated carbocycles. The number of carbonyl (C=O) groups is 2. The number of nitrogens with zero attached hydrogens (tertiary/aromatic N) is 1. The fourth-order valence-electron chi connectivity index (χ4n) is 3.96. The van der Waals surface area contributed by atoms with Crippen LogP contribution in [0.4, 0.5) is 5.69 Å². The molecule has 30 heavy (non-hydrogen) atoms. The number of rotatable bonds is 9. The maximum Gasteiger partial charge on any atom is 0.256 e. The predicted octanol–water partition coefficient (Wildman–Crippen LogP) is 3.51. The number of aromatic amines is 1. The molecule has 1 aliphatic heterocycles. The number of amides is 2. The van der Waals surface area contributed by atoms with E-state index in [2.05, 4.69) is 22.5 Å². The molecule has 0 fully saturated rings. The standard InChI is InChI=1S/C24H32N4O2/c1-16-18(11-12-23(29)28(4)14-8-7-13-25-3)17(2)26-22(16)15-20-19-9-5-6-10-21(19)27-24(20)30/h5-6,9-10,15,25-26H,7-8,11-14H2,1-4H3,(H,27,30). The van der Waals surface area contributed by atoms with Crippen molar-refractivity contribution in [1.82, 2.24) is 15.2 Å². The number of carbonyl (C=O) groups excluding carboxylic acids is 2. The van der Waals surface area contributed by atoms with E-state index in [0.717, 1.165) is 59.7 Å². The van der Waals surface area contributed by atoms with Gasteiger partial charge in [-0.1, -0.05) is 18.2 Å². The second kappa shape index (κ2) is 9.76. The van der Waals surface area contributed by atoms with Gasteiger partial charge < -0.3 is 20.5 Å². The topological polar surface area (TPSA) is 77.2 Å². The first kappa shape index (κ1) is 21.8. The van der Waals surface area contributed by atoms with E-state index >= 15 is 0 Å². The largest absolute Gasteiger partial charge is 0.359 e. The van der Waals surface area contributed by atoms with Crippen LogP contribution in [0.1, 0.15) is 47.3 Å². The second-order valence-electron chi connectivity index (χ2n) is 7.95.